The van der Waals surface area contributed by atoms with Crippen LogP contribution in [0.5, 0.6) is 0 Å². The van der Waals surface area contributed by atoms with E-state index in [2.05, 4.69) is 14.3 Å². The van der Waals surface area contributed by atoms with E-state index in [0.717, 1.165) is 0 Å². The quantitative estimate of drug-likeness (QED) is 0.270. The summed E-state index contributed by atoms with van der Waals surface area (Å²) >= 11 is 5.12. The first-order valence-corrected chi connectivity index (χ1v) is 4.91. The third-order valence-electron chi connectivity index (χ3n) is 1.54. The van der Waals surface area contributed by atoms with Crippen LogP contribution in [0.2, 0.25) is 0 Å². The van der Waals surface area contributed by atoms with Crippen LogP contribution in [0.1, 0.15) is 0 Å². The van der Waals surface area contributed by atoms with Gasteiger partial charge in [-0.2, -0.15) is 0 Å². The molecule has 0 heterocycles. The Bertz CT molecular complexity index is 227. The van der Waals surface area contributed by atoms with Crippen molar-refractivity contribution < 1.29 is 24.2 Å². The van der Waals surface area contributed by atoms with Crippen molar-refractivity contribution in [2.75, 3.05) is 39.4 Å². The molecule has 0 aromatic heterocycles. The first-order chi connectivity index (χ1) is 7.56. The lowest BCUT2D eigenvalue weighted by atomic mass is 10.5. The zero-order valence-corrected chi connectivity index (χ0v) is 9.51. The van der Waals surface area contributed by atoms with Gasteiger partial charge in [0.2, 0.25) is 0 Å². The van der Waals surface area contributed by atoms with Crippen molar-refractivity contribution in [2.45, 2.75) is 0 Å². The fraction of sp³-hybridized carbons (Fsp3) is 0.857. The highest BCUT2D eigenvalue weighted by atomic mass is 35.5. The molecule has 0 amide bonds. The molecule has 0 aliphatic rings. The van der Waals surface area contributed by atoms with E-state index in [-0.39, 0.29) is 19.3 Å². The number of hydrogen-bond acceptors (Lipinski definition) is 7. The molecule has 8 nitrogen and oxygen atoms in total. The van der Waals surface area contributed by atoms with Crippen molar-refractivity contribution in [3.05, 3.63) is 10.1 Å². The van der Waals surface area contributed by atoms with Crippen LogP contribution in [0.15, 0.2) is 0 Å². The second-order valence-electron chi connectivity index (χ2n) is 2.71. The lowest BCUT2D eigenvalue weighted by Gasteiger charge is -2.15. The van der Waals surface area contributed by atoms with E-state index in [4.69, 9.17) is 11.6 Å². The molecule has 0 bridgehead atoms. The number of carbonyl (C=O) groups excluding carboxylic acids is 1. The summed E-state index contributed by atoms with van der Waals surface area (Å²) in [6.07, 6.45) is -0.843. The van der Waals surface area contributed by atoms with Crippen molar-refractivity contribution in [3.63, 3.8) is 0 Å². The van der Waals surface area contributed by atoms with E-state index in [1.54, 1.807) is 11.9 Å². The number of halogens is 1. The molecule has 0 aliphatic carbocycles. The Labute approximate surface area is 97.1 Å². The van der Waals surface area contributed by atoms with Gasteiger partial charge in [-0.05, 0) is 7.05 Å². The number of carbonyl (C=O) groups is 1. The first-order valence-electron chi connectivity index (χ1n) is 4.37. The Kier molecular flexibility index (Phi) is 8.26. The highest BCUT2D eigenvalue weighted by molar-refractivity contribution is 6.17. The van der Waals surface area contributed by atoms with E-state index >= 15 is 0 Å². The largest absolute Gasteiger partial charge is 0.509 e. The normalized spacial score (nSPS) is 9.94. The summed E-state index contributed by atoms with van der Waals surface area (Å²) in [5, 5.41) is 8.96. The minimum absolute atomic E-state index is 0.0321. The SMILES string of the molecule is CN(CCOC(=O)OCCl)CCO[N+](=O)[O-]. The fourth-order valence-corrected chi connectivity index (χ4v) is 0.843. The molecular formula is C7H13ClN2O6. The van der Waals surface area contributed by atoms with Crippen LogP contribution in [0, 0.1) is 10.1 Å². The number of ether oxygens (including phenoxy) is 2. The highest BCUT2D eigenvalue weighted by Gasteiger charge is 2.04. The van der Waals surface area contributed by atoms with Gasteiger partial charge in [-0.15, -0.1) is 10.1 Å². The molecule has 0 aliphatic heterocycles. The predicted molar refractivity (Wildman–Crippen MR) is 53.6 cm³/mol. The van der Waals surface area contributed by atoms with Gasteiger partial charge < -0.3 is 19.2 Å². The molecule has 0 saturated carbocycles. The molecule has 94 valence electrons. The van der Waals surface area contributed by atoms with Gasteiger partial charge in [0.15, 0.2) is 6.07 Å². The predicted octanol–water partition coefficient (Wildman–Crippen LogP) is 0.476. The maximum Gasteiger partial charge on any atom is 0.509 e. The second kappa shape index (κ2) is 8.98. The van der Waals surface area contributed by atoms with E-state index in [1.165, 1.54) is 0 Å². The number of likely N-dealkylation sites (N-methyl/N-ethyl adjacent to an activating group) is 1. The lowest BCUT2D eigenvalue weighted by Crippen LogP contribution is -2.28. The van der Waals surface area contributed by atoms with E-state index in [0.29, 0.717) is 13.1 Å². The topological polar surface area (TPSA) is 91.1 Å². The Morgan fingerprint density at radius 1 is 1.38 bits per heavy atom. The van der Waals surface area contributed by atoms with Crippen LogP contribution < -0.4 is 0 Å². The fourth-order valence-electron chi connectivity index (χ4n) is 0.754. The maximum atomic E-state index is 10.7. The first kappa shape index (κ1) is 14.7. The van der Waals surface area contributed by atoms with Gasteiger partial charge in [-0.1, -0.05) is 11.6 Å². The lowest BCUT2D eigenvalue weighted by molar-refractivity contribution is -0.757. The smallest absolute Gasteiger partial charge is 0.433 e. The zero-order chi connectivity index (χ0) is 12.4. The minimum atomic E-state index is -0.859. The van der Waals surface area contributed by atoms with E-state index < -0.39 is 11.2 Å². The summed E-state index contributed by atoms with van der Waals surface area (Å²) in [5.74, 6) is 0. The Hall–Kier alpha value is -1.28. The molecule has 0 unspecified atom stereocenters. The monoisotopic (exact) mass is 256 g/mol. The number of rotatable bonds is 8. The molecule has 0 aromatic carbocycles. The van der Waals surface area contributed by atoms with Gasteiger partial charge in [-0.3, -0.25) is 0 Å². The van der Waals surface area contributed by atoms with Crippen molar-refractivity contribution in [1.82, 2.24) is 4.90 Å². The molecular weight excluding hydrogens is 244 g/mol. The molecule has 0 aromatic rings. The molecule has 0 N–H and O–H groups in total. The summed E-state index contributed by atoms with van der Waals surface area (Å²) < 4.78 is 8.93. The van der Waals surface area contributed by atoms with Crippen LogP contribution in [0.4, 0.5) is 4.79 Å². The van der Waals surface area contributed by atoms with Crippen molar-refractivity contribution in [3.8, 4) is 0 Å². The Balaban J connectivity index is 3.39. The van der Waals surface area contributed by atoms with Crippen LogP contribution in [-0.4, -0.2) is 55.6 Å². The summed E-state index contributed by atoms with van der Waals surface area (Å²) in [5.41, 5.74) is 0. The summed E-state index contributed by atoms with van der Waals surface area (Å²) in [6, 6.07) is -0.259. The Morgan fingerprint density at radius 3 is 2.56 bits per heavy atom. The van der Waals surface area contributed by atoms with Crippen LogP contribution >= 0.6 is 11.6 Å². The Morgan fingerprint density at radius 2 is 2.00 bits per heavy atom. The van der Waals surface area contributed by atoms with Gasteiger partial charge >= 0.3 is 6.16 Å². The molecule has 0 saturated heterocycles. The van der Waals surface area contributed by atoms with E-state index in [1.807, 2.05) is 0 Å². The van der Waals surface area contributed by atoms with Crippen molar-refractivity contribution in [2.24, 2.45) is 0 Å². The van der Waals surface area contributed by atoms with E-state index in [9.17, 15) is 14.9 Å². The average Bonchev–Trinajstić information content (AvgIpc) is 2.17. The highest BCUT2D eigenvalue weighted by Crippen LogP contribution is 1.89. The van der Waals surface area contributed by atoms with Crippen LogP contribution in [0.3, 0.4) is 0 Å². The van der Waals surface area contributed by atoms with Gasteiger partial charge in [0, 0.05) is 13.1 Å². The molecule has 0 fully saturated rings. The van der Waals surface area contributed by atoms with Crippen LogP contribution in [0.25, 0.3) is 0 Å². The second-order valence-corrected chi connectivity index (χ2v) is 2.93. The number of nitrogens with zero attached hydrogens (tertiary/aromatic N) is 2. The number of alkyl halides is 1. The van der Waals surface area contributed by atoms with Gasteiger partial charge in [0.1, 0.15) is 13.2 Å². The molecule has 0 spiro atoms. The maximum absolute atomic E-state index is 10.7. The minimum Gasteiger partial charge on any atom is -0.433 e. The summed E-state index contributed by atoms with van der Waals surface area (Å²) in [7, 11) is 1.71. The standard InChI is InChI=1S/C7H13ClN2O6/c1-9(3-5-16-10(12)13)2-4-14-7(11)15-6-8/h2-6H2,1H3. The van der Waals surface area contributed by atoms with Crippen molar-refractivity contribution in [1.29, 1.82) is 0 Å². The van der Waals surface area contributed by atoms with Crippen LogP contribution in [-0.2, 0) is 14.3 Å². The molecule has 0 atom stereocenters. The third-order valence-corrected chi connectivity index (χ3v) is 1.64. The van der Waals surface area contributed by atoms with Crippen molar-refractivity contribution >= 4 is 17.8 Å². The number of hydrogen-bond donors (Lipinski definition) is 0. The zero-order valence-electron chi connectivity index (χ0n) is 8.76. The molecule has 9 heteroatoms. The summed E-state index contributed by atoms with van der Waals surface area (Å²) in [4.78, 5) is 26.3. The molecule has 0 radical (unpaired) electrons. The average molecular weight is 257 g/mol. The molecule has 0 rings (SSSR count). The van der Waals surface area contributed by atoms with Gasteiger partial charge in [0.25, 0.3) is 5.09 Å². The van der Waals surface area contributed by atoms with Gasteiger partial charge in [-0.25, -0.2) is 4.79 Å². The van der Waals surface area contributed by atoms with Gasteiger partial charge in [0.05, 0.1) is 0 Å². The molecule has 16 heavy (non-hydrogen) atoms. The summed E-state index contributed by atoms with van der Waals surface area (Å²) in [6.45, 7) is 0.855. The third kappa shape index (κ3) is 9.28.